The van der Waals surface area contributed by atoms with Gasteiger partial charge < -0.3 is 14.7 Å². The monoisotopic (exact) mass is 249 g/mol. The summed E-state index contributed by atoms with van der Waals surface area (Å²) in [5, 5.41) is 9.95. The number of benzene rings is 1. The van der Waals surface area contributed by atoms with Crippen LogP contribution in [-0.4, -0.2) is 37.5 Å². The fourth-order valence-corrected chi connectivity index (χ4v) is 2.55. The zero-order valence-corrected chi connectivity index (χ0v) is 11.4. The van der Waals surface area contributed by atoms with E-state index < -0.39 is 6.10 Å². The molecule has 0 amide bonds. The number of rotatable bonds is 5. The predicted molar refractivity (Wildman–Crippen MR) is 74.2 cm³/mol. The molecule has 1 aliphatic heterocycles. The van der Waals surface area contributed by atoms with Crippen molar-refractivity contribution < 1.29 is 9.84 Å². The Balaban J connectivity index is 2.03. The minimum atomic E-state index is -0.405. The minimum Gasteiger partial charge on any atom is -0.389 e. The van der Waals surface area contributed by atoms with Crippen LogP contribution in [0.1, 0.15) is 24.5 Å². The maximum Gasteiger partial charge on any atom is 0.0947 e. The third-order valence-electron chi connectivity index (χ3n) is 3.40. The predicted octanol–water partition coefficient (Wildman–Crippen LogP) is 2.15. The van der Waals surface area contributed by atoms with Crippen LogP contribution >= 0.6 is 0 Å². The Labute approximate surface area is 109 Å². The maximum atomic E-state index is 9.95. The largest absolute Gasteiger partial charge is 0.389 e. The van der Waals surface area contributed by atoms with Crippen LogP contribution in [0.2, 0.25) is 0 Å². The molecule has 0 fully saturated rings. The third kappa shape index (κ3) is 3.24. The van der Waals surface area contributed by atoms with Crippen molar-refractivity contribution >= 4 is 5.69 Å². The van der Waals surface area contributed by atoms with E-state index >= 15 is 0 Å². The van der Waals surface area contributed by atoms with Gasteiger partial charge in [0.15, 0.2) is 0 Å². The molecule has 2 rings (SSSR count). The highest BCUT2D eigenvalue weighted by molar-refractivity contribution is 5.56. The van der Waals surface area contributed by atoms with E-state index in [9.17, 15) is 5.11 Å². The molecule has 1 aliphatic rings. The molecule has 1 heterocycles. The van der Waals surface area contributed by atoms with Crippen molar-refractivity contribution in [1.82, 2.24) is 0 Å². The average Bonchev–Trinajstić information content (AvgIpc) is 2.36. The standard InChI is InChI=1S/C15H23NO2/c1-3-18-11-14(17)10-16-8-4-5-13-9-12(2)6-7-15(13)16/h6-7,9,14,17H,3-5,8,10-11H2,1-2H3. The average molecular weight is 249 g/mol. The molecule has 100 valence electrons. The van der Waals surface area contributed by atoms with E-state index in [-0.39, 0.29) is 0 Å². The van der Waals surface area contributed by atoms with Crippen LogP contribution in [0, 0.1) is 6.92 Å². The van der Waals surface area contributed by atoms with Gasteiger partial charge in [0, 0.05) is 25.4 Å². The van der Waals surface area contributed by atoms with E-state index in [4.69, 9.17) is 4.74 Å². The summed E-state index contributed by atoms with van der Waals surface area (Å²) in [6.45, 7) is 6.85. The van der Waals surface area contributed by atoms with Gasteiger partial charge in [-0.1, -0.05) is 17.7 Å². The lowest BCUT2D eigenvalue weighted by Crippen LogP contribution is -2.38. The van der Waals surface area contributed by atoms with Crippen LogP contribution in [0.4, 0.5) is 5.69 Å². The van der Waals surface area contributed by atoms with Crippen molar-refractivity contribution in [2.24, 2.45) is 0 Å². The lowest BCUT2D eigenvalue weighted by Gasteiger charge is -2.33. The molecule has 3 nitrogen and oxygen atoms in total. The van der Waals surface area contributed by atoms with Crippen molar-refractivity contribution in [3.8, 4) is 0 Å². The van der Waals surface area contributed by atoms with Crippen LogP contribution in [-0.2, 0) is 11.2 Å². The van der Waals surface area contributed by atoms with Gasteiger partial charge in [-0.15, -0.1) is 0 Å². The molecule has 3 heteroatoms. The van der Waals surface area contributed by atoms with E-state index in [1.54, 1.807) is 0 Å². The Morgan fingerprint density at radius 3 is 3.06 bits per heavy atom. The van der Waals surface area contributed by atoms with Crippen LogP contribution in [0.25, 0.3) is 0 Å². The normalized spacial score (nSPS) is 16.5. The number of aliphatic hydroxyl groups excluding tert-OH is 1. The summed E-state index contributed by atoms with van der Waals surface area (Å²) in [5.74, 6) is 0. The van der Waals surface area contributed by atoms with Crippen molar-refractivity contribution in [3.63, 3.8) is 0 Å². The number of anilines is 1. The highest BCUT2D eigenvalue weighted by Crippen LogP contribution is 2.27. The molecule has 1 atom stereocenters. The summed E-state index contributed by atoms with van der Waals surface area (Å²) in [7, 11) is 0. The van der Waals surface area contributed by atoms with Crippen molar-refractivity contribution in [2.75, 3.05) is 31.2 Å². The van der Waals surface area contributed by atoms with Gasteiger partial charge in [-0.05, 0) is 38.3 Å². The molecular formula is C15H23NO2. The molecule has 18 heavy (non-hydrogen) atoms. The summed E-state index contributed by atoms with van der Waals surface area (Å²) in [5.41, 5.74) is 4.00. The van der Waals surface area contributed by atoms with Crippen LogP contribution in [0.15, 0.2) is 18.2 Å². The molecular weight excluding hydrogens is 226 g/mol. The molecule has 0 spiro atoms. The zero-order chi connectivity index (χ0) is 13.0. The summed E-state index contributed by atoms with van der Waals surface area (Å²) in [6, 6.07) is 6.58. The van der Waals surface area contributed by atoms with Gasteiger partial charge in [0.1, 0.15) is 0 Å². The maximum absolute atomic E-state index is 9.95. The molecule has 0 aromatic heterocycles. The molecule has 0 bridgehead atoms. The first-order valence-corrected chi connectivity index (χ1v) is 6.81. The van der Waals surface area contributed by atoms with Crippen molar-refractivity contribution in [2.45, 2.75) is 32.8 Å². The molecule has 0 saturated carbocycles. The van der Waals surface area contributed by atoms with Gasteiger partial charge >= 0.3 is 0 Å². The summed E-state index contributed by atoms with van der Waals surface area (Å²) >= 11 is 0. The van der Waals surface area contributed by atoms with E-state index in [2.05, 4.69) is 30.0 Å². The summed E-state index contributed by atoms with van der Waals surface area (Å²) in [4.78, 5) is 2.28. The second-order valence-electron chi connectivity index (χ2n) is 5.00. The Kier molecular flexibility index (Phi) is 4.61. The quantitative estimate of drug-likeness (QED) is 0.868. The highest BCUT2D eigenvalue weighted by Gasteiger charge is 2.19. The van der Waals surface area contributed by atoms with Gasteiger partial charge in [0.25, 0.3) is 0 Å². The molecule has 1 N–H and O–H groups in total. The summed E-state index contributed by atoms with van der Waals surface area (Å²) < 4.78 is 5.27. The third-order valence-corrected chi connectivity index (χ3v) is 3.40. The van der Waals surface area contributed by atoms with Gasteiger partial charge in [0.05, 0.1) is 12.7 Å². The van der Waals surface area contributed by atoms with E-state index in [0.717, 1.165) is 19.4 Å². The van der Waals surface area contributed by atoms with E-state index in [1.165, 1.54) is 16.8 Å². The molecule has 1 aromatic rings. The van der Waals surface area contributed by atoms with Gasteiger partial charge in [0.2, 0.25) is 0 Å². The fourth-order valence-electron chi connectivity index (χ4n) is 2.55. The second-order valence-corrected chi connectivity index (χ2v) is 5.00. The van der Waals surface area contributed by atoms with Crippen LogP contribution < -0.4 is 4.90 Å². The number of aliphatic hydroxyl groups is 1. The van der Waals surface area contributed by atoms with Gasteiger partial charge in [-0.2, -0.15) is 0 Å². The number of nitrogens with zero attached hydrogens (tertiary/aromatic N) is 1. The Morgan fingerprint density at radius 1 is 1.44 bits per heavy atom. The van der Waals surface area contributed by atoms with Crippen LogP contribution in [0.5, 0.6) is 0 Å². The number of β-amino-alcohol motifs (C(OH)–C–C–N with tert-alkyl or cyclic N) is 1. The summed E-state index contributed by atoms with van der Waals surface area (Å²) in [6.07, 6.45) is 1.91. The zero-order valence-electron chi connectivity index (χ0n) is 11.4. The number of fused-ring (bicyclic) bond motifs is 1. The van der Waals surface area contributed by atoms with Crippen LogP contribution in [0.3, 0.4) is 0 Å². The van der Waals surface area contributed by atoms with Crippen molar-refractivity contribution in [1.29, 1.82) is 0 Å². The number of hydrogen-bond donors (Lipinski definition) is 1. The number of hydrogen-bond acceptors (Lipinski definition) is 3. The van der Waals surface area contributed by atoms with E-state index in [0.29, 0.717) is 19.8 Å². The first-order chi connectivity index (χ1) is 8.70. The van der Waals surface area contributed by atoms with Gasteiger partial charge in [-0.3, -0.25) is 0 Å². The first-order valence-electron chi connectivity index (χ1n) is 6.81. The number of ether oxygens (including phenoxy) is 1. The first kappa shape index (κ1) is 13.4. The van der Waals surface area contributed by atoms with E-state index in [1.807, 2.05) is 6.92 Å². The molecule has 0 saturated heterocycles. The Bertz CT molecular complexity index is 392. The molecule has 1 aromatic carbocycles. The SMILES string of the molecule is CCOCC(O)CN1CCCc2cc(C)ccc21. The Hall–Kier alpha value is -1.06. The lowest BCUT2D eigenvalue weighted by molar-refractivity contribution is 0.0462. The minimum absolute atomic E-state index is 0.405. The number of aryl methyl sites for hydroxylation is 2. The molecule has 0 radical (unpaired) electrons. The second kappa shape index (κ2) is 6.21. The molecule has 0 aliphatic carbocycles. The Morgan fingerprint density at radius 2 is 2.28 bits per heavy atom. The smallest absolute Gasteiger partial charge is 0.0947 e. The molecule has 1 unspecified atom stereocenters. The van der Waals surface area contributed by atoms with Crippen molar-refractivity contribution in [3.05, 3.63) is 29.3 Å². The fraction of sp³-hybridized carbons (Fsp3) is 0.600. The topological polar surface area (TPSA) is 32.7 Å². The van der Waals surface area contributed by atoms with Gasteiger partial charge in [-0.25, -0.2) is 0 Å². The highest BCUT2D eigenvalue weighted by atomic mass is 16.5. The lowest BCUT2D eigenvalue weighted by atomic mass is 9.99.